The first-order chi connectivity index (χ1) is 18.0. The zero-order chi connectivity index (χ0) is 28.7. The van der Waals surface area contributed by atoms with Crippen molar-refractivity contribution in [3.63, 3.8) is 0 Å². The van der Waals surface area contributed by atoms with Crippen molar-refractivity contribution < 1.29 is 28.7 Å². The molecule has 0 aromatic heterocycles. The predicted molar refractivity (Wildman–Crippen MR) is 150 cm³/mol. The van der Waals surface area contributed by atoms with E-state index < -0.39 is 41.6 Å². The molecular weight excluding hydrogens is 506 g/mol. The highest BCUT2D eigenvalue weighted by Gasteiger charge is 2.35. The van der Waals surface area contributed by atoms with Gasteiger partial charge in [-0.1, -0.05) is 25.0 Å². The van der Waals surface area contributed by atoms with Gasteiger partial charge in [-0.3, -0.25) is 14.4 Å². The number of rotatable bonds is 14. The molecule has 0 bridgehead atoms. The van der Waals surface area contributed by atoms with Gasteiger partial charge in [0.2, 0.25) is 11.8 Å². The number of esters is 1. The summed E-state index contributed by atoms with van der Waals surface area (Å²) in [5, 5.41) is 5.45. The number of amides is 3. The van der Waals surface area contributed by atoms with Gasteiger partial charge in [0.15, 0.2) is 0 Å². The second-order valence-electron chi connectivity index (χ2n) is 9.53. The number of hydrogen-bond acceptors (Lipinski definition) is 7. The van der Waals surface area contributed by atoms with E-state index in [2.05, 4.69) is 16.6 Å². The molecule has 1 aromatic rings. The van der Waals surface area contributed by atoms with Crippen molar-refractivity contribution >= 4 is 35.6 Å². The van der Waals surface area contributed by atoms with Gasteiger partial charge < -0.3 is 25.0 Å². The minimum absolute atomic E-state index is 0.000598. The van der Waals surface area contributed by atoms with Crippen LogP contribution in [0, 0.1) is 12.3 Å². The summed E-state index contributed by atoms with van der Waals surface area (Å²) < 4.78 is 10.3. The van der Waals surface area contributed by atoms with Crippen molar-refractivity contribution in [2.45, 2.75) is 71.6 Å². The van der Waals surface area contributed by atoms with Gasteiger partial charge in [-0.2, -0.15) is 11.8 Å². The van der Waals surface area contributed by atoms with Crippen molar-refractivity contribution in [1.82, 2.24) is 15.5 Å². The van der Waals surface area contributed by atoms with Gasteiger partial charge in [0.1, 0.15) is 17.7 Å². The van der Waals surface area contributed by atoms with Gasteiger partial charge in [0, 0.05) is 18.7 Å². The van der Waals surface area contributed by atoms with Crippen molar-refractivity contribution in [3.05, 3.63) is 35.4 Å². The topological polar surface area (TPSA) is 114 Å². The largest absolute Gasteiger partial charge is 0.466 e. The molecule has 9 nitrogen and oxygen atoms in total. The van der Waals surface area contributed by atoms with Gasteiger partial charge in [0.05, 0.1) is 13.0 Å². The number of terminal acetylenes is 1. The lowest BCUT2D eigenvalue weighted by atomic mass is 10.0. The van der Waals surface area contributed by atoms with Crippen LogP contribution in [-0.4, -0.2) is 72.1 Å². The van der Waals surface area contributed by atoms with E-state index in [9.17, 15) is 19.2 Å². The number of ether oxygens (including phenoxy) is 2. The Morgan fingerprint density at radius 1 is 1.13 bits per heavy atom. The summed E-state index contributed by atoms with van der Waals surface area (Å²) in [5.41, 5.74) is 0.453. The summed E-state index contributed by atoms with van der Waals surface area (Å²) >= 11 is 1.54. The van der Waals surface area contributed by atoms with Crippen LogP contribution in [0.3, 0.4) is 0 Å². The molecule has 1 rings (SSSR count). The SMILES string of the molecule is C#Cc1ccc(C(C(=O)NCCC(=O)OCC)N(CCC)C(=O)C(CCSC)NC(=O)OC(C)(C)C)cc1. The molecule has 0 radical (unpaired) electrons. The molecule has 2 unspecified atom stereocenters. The minimum Gasteiger partial charge on any atom is -0.466 e. The van der Waals surface area contributed by atoms with Gasteiger partial charge in [-0.15, -0.1) is 6.42 Å². The van der Waals surface area contributed by atoms with Crippen LogP contribution in [0.25, 0.3) is 0 Å². The normalized spacial score (nSPS) is 12.4. The van der Waals surface area contributed by atoms with E-state index >= 15 is 0 Å². The molecule has 38 heavy (non-hydrogen) atoms. The molecule has 0 saturated heterocycles. The third-order valence-electron chi connectivity index (χ3n) is 5.23. The lowest BCUT2D eigenvalue weighted by molar-refractivity contribution is -0.144. The van der Waals surface area contributed by atoms with E-state index in [1.165, 1.54) is 4.90 Å². The Labute approximate surface area is 230 Å². The van der Waals surface area contributed by atoms with Gasteiger partial charge in [-0.25, -0.2) is 4.79 Å². The van der Waals surface area contributed by atoms with Crippen LogP contribution in [0.1, 0.15) is 71.0 Å². The molecule has 0 aliphatic heterocycles. The average molecular weight is 548 g/mol. The molecule has 1 aromatic carbocycles. The lowest BCUT2D eigenvalue weighted by Gasteiger charge is -2.34. The minimum atomic E-state index is -1.01. The number of benzene rings is 1. The third kappa shape index (κ3) is 11.5. The highest BCUT2D eigenvalue weighted by atomic mass is 32.2. The van der Waals surface area contributed by atoms with Crippen LogP contribution in [0.2, 0.25) is 0 Å². The highest BCUT2D eigenvalue weighted by Crippen LogP contribution is 2.24. The first-order valence-electron chi connectivity index (χ1n) is 12.8. The zero-order valence-electron chi connectivity index (χ0n) is 23.3. The van der Waals surface area contributed by atoms with Crippen molar-refractivity contribution in [2.75, 3.05) is 31.7 Å². The zero-order valence-corrected chi connectivity index (χ0v) is 24.1. The van der Waals surface area contributed by atoms with Crippen molar-refractivity contribution in [1.29, 1.82) is 0 Å². The van der Waals surface area contributed by atoms with Gasteiger partial charge in [-0.05, 0) is 70.2 Å². The van der Waals surface area contributed by atoms with Gasteiger partial charge in [0.25, 0.3) is 0 Å². The number of alkyl carbamates (subject to hydrolysis) is 1. The van der Waals surface area contributed by atoms with Crippen LogP contribution in [0.15, 0.2) is 24.3 Å². The first kappa shape index (κ1) is 32.8. The van der Waals surface area contributed by atoms with Crippen LogP contribution >= 0.6 is 11.8 Å². The number of nitrogens with zero attached hydrogens (tertiary/aromatic N) is 1. The van der Waals surface area contributed by atoms with Crippen LogP contribution in [0.5, 0.6) is 0 Å². The second kappa shape index (κ2) is 16.6. The summed E-state index contributed by atoms with van der Waals surface area (Å²) in [7, 11) is 0. The highest BCUT2D eigenvalue weighted by molar-refractivity contribution is 7.98. The van der Waals surface area contributed by atoms with Crippen molar-refractivity contribution in [3.8, 4) is 12.3 Å². The fraction of sp³-hybridized carbons (Fsp3) is 0.571. The van der Waals surface area contributed by atoms with Crippen LogP contribution in [-0.2, 0) is 23.9 Å². The summed E-state index contributed by atoms with van der Waals surface area (Å²) in [6.07, 6.45) is 7.62. The molecule has 10 heteroatoms. The Hall–Kier alpha value is -3.19. The van der Waals surface area contributed by atoms with E-state index in [1.807, 2.05) is 13.2 Å². The summed E-state index contributed by atoms with van der Waals surface area (Å²) in [6, 6.07) is 4.91. The molecule has 0 fully saturated rings. The number of nitrogens with one attached hydrogen (secondary N) is 2. The van der Waals surface area contributed by atoms with E-state index in [1.54, 1.807) is 63.7 Å². The van der Waals surface area contributed by atoms with Crippen LogP contribution < -0.4 is 10.6 Å². The average Bonchev–Trinajstić information content (AvgIpc) is 2.85. The summed E-state index contributed by atoms with van der Waals surface area (Å²) in [6.45, 7) is 9.39. The maximum Gasteiger partial charge on any atom is 0.408 e. The standard InChI is InChI=1S/C28H41N3O6S/c1-8-18-31(26(34)22(16-19-38-7)30-27(35)37-28(4,5)6)24(21-13-11-20(9-2)12-14-21)25(33)29-17-15-23(32)36-10-3/h2,11-14,22,24H,8,10,15-19H2,1,3-7H3,(H,29,33)(H,30,35). The fourth-order valence-electron chi connectivity index (χ4n) is 3.60. The van der Waals surface area contributed by atoms with Crippen molar-refractivity contribution in [2.24, 2.45) is 0 Å². The monoisotopic (exact) mass is 547 g/mol. The molecule has 2 atom stereocenters. The molecule has 0 spiro atoms. The maximum absolute atomic E-state index is 13.9. The van der Waals surface area contributed by atoms with E-state index in [-0.39, 0.29) is 26.1 Å². The molecular formula is C28H41N3O6S. The first-order valence-corrected chi connectivity index (χ1v) is 14.2. The third-order valence-corrected chi connectivity index (χ3v) is 5.88. The quantitative estimate of drug-likeness (QED) is 0.270. The number of hydrogen-bond donors (Lipinski definition) is 2. The Kier molecular flexibility index (Phi) is 14.4. The second-order valence-corrected chi connectivity index (χ2v) is 10.5. The number of thioether (sulfide) groups is 1. The molecule has 0 aliphatic rings. The Morgan fingerprint density at radius 3 is 2.32 bits per heavy atom. The Morgan fingerprint density at radius 2 is 1.79 bits per heavy atom. The predicted octanol–water partition coefficient (Wildman–Crippen LogP) is 3.66. The van der Waals surface area contributed by atoms with E-state index in [4.69, 9.17) is 15.9 Å². The van der Waals surface area contributed by atoms with E-state index in [0.717, 1.165) is 0 Å². The molecule has 210 valence electrons. The smallest absolute Gasteiger partial charge is 0.408 e. The Balaban J connectivity index is 3.35. The fourth-order valence-corrected chi connectivity index (χ4v) is 4.07. The molecule has 3 amide bonds. The summed E-state index contributed by atoms with van der Waals surface area (Å²) in [4.78, 5) is 53.2. The molecule has 2 N–H and O–H groups in total. The van der Waals surface area contributed by atoms with E-state index in [0.29, 0.717) is 29.7 Å². The molecule has 0 heterocycles. The molecule has 0 saturated carbocycles. The number of carbonyl (C=O) groups excluding carboxylic acids is 4. The van der Waals surface area contributed by atoms with Crippen LogP contribution in [0.4, 0.5) is 4.79 Å². The lowest BCUT2D eigenvalue weighted by Crippen LogP contribution is -2.53. The Bertz CT molecular complexity index is 968. The summed E-state index contributed by atoms with van der Waals surface area (Å²) in [5.74, 6) is 1.87. The van der Waals surface area contributed by atoms with Gasteiger partial charge >= 0.3 is 12.1 Å². The number of carbonyl (C=O) groups is 4. The molecule has 0 aliphatic carbocycles. The maximum atomic E-state index is 13.9.